The Morgan fingerprint density at radius 2 is 2.07 bits per heavy atom. The third kappa shape index (κ3) is 2.29. The van der Waals surface area contributed by atoms with Crippen molar-refractivity contribution in [1.29, 1.82) is 0 Å². The molecule has 0 heterocycles. The SMILES string of the molecule is CC/C=C(\C)C1=C(C)CCCC1(C)C. The van der Waals surface area contributed by atoms with Crippen LogP contribution >= 0.6 is 0 Å². The fourth-order valence-corrected chi connectivity index (χ4v) is 2.90. The molecule has 1 rings (SSSR count). The second-order valence-electron chi connectivity index (χ2n) is 5.19. The molecule has 14 heavy (non-hydrogen) atoms. The summed E-state index contributed by atoms with van der Waals surface area (Å²) in [5.74, 6) is 0. The van der Waals surface area contributed by atoms with Crippen molar-refractivity contribution in [3.63, 3.8) is 0 Å². The molecule has 0 amide bonds. The zero-order valence-corrected chi connectivity index (χ0v) is 10.4. The second kappa shape index (κ2) is 4.33. The minimum absolute atomic E-state index is 0.401. The van der Waals surface area contributed by atoms with Gasteiger partial charge in [0.05, 0.1) is 0 Å². The summed E-state index contributed by atoms with van der Waals surface area (Å²) in [6, 6.07) is 0. The average molecular weight is 192 g/mol. The molecule has 0 bridgehead atoms. The molecule has 0 spiro atoms. The zero-order chi connectivity index (χ0) is 10.8. The number of rotatable bonds is 2. The van der Waals surface area contributed by atoms with Gasteiger partial charge in [-0.2, -0.15) is 0 Å². The van der Waals surface area contributed by atoms with E-state index in [1.54, 1.807) is 11.1 Å². The van der Waals surface area contributed by atoms with Crippen LogP contribution in [-0.4, -0.2) is 0 Å². The fraction of sp³-hybridized carbons (Fsp3) is 0.714. The topological polar surface area (TPSA) is 0 Å². The Morgan fingerprint density at radius 3 is 2.57 bits per heavy atom. The summed E-state index contributed by atoms with van der Waals surface area (Å²) in [6.07, 6.45) is 7.52. The van der Waals surface area contributed by atoms with Gasteiger partial charge >= 0.3 is 0 Å². The van der Waals surface area contributed by atoms with Crippen molar-refractivity contribution in [1.82, 2.24) is 0 Å². The van der Waals surface area contributed by atoms with E-state index >= 15 is 0 Å². The highest BCUT2D eigenvalue weighted by molar-refractivity contribution is 5.39. The summed E-state index contributed by atoms with van der Waals surface area (Å²) in [4.78, 5) is 0. The maximum Gasteiger partial charge on any atom is -0.0101 e. The Labute approximate surface area is 89.1 Å². The first kappa shape index (κ1) is 11.6. The molecular formula is C14H24. The standard InChI is InChI=1S/C14H24/c1-6-8-11(2)13-12(3)9-7-10-14(13,4)5/h8H,6-7,9-10H2,1-5H3/b11-8+. The molecule has 1 aliphatic rings. The van der Waals surface area contributed by atoms with Crippen LogP contribution in [0.25, 0.3) is 0 Å². The first-order valence-corrected chi connectivity index (χ1v) is 5.86. The van der Waals surface area contributed by atoms with Crippen molar-refractivity contribution in [3.05, 3.63) is 22.8 Å². The van der Waals surface area contributed by atoms with Gasteiger partial charge in [-0.3, -0.25) is 0 Å². The van der Waals surface area contributed by atoms with Crippen molar-refractivity contribution < 1.29 is 0 Å². The van der Waals surface area contributed by atoms with Crippen molar-refractivity contribution in [3.8, 4) is 0 Å². The van der Waals surface area contributed by atoms with Gasteiger partial charge in [0.2, 0.25) is 0 Å². The monoisotopic (exact) mass is 192 g/mol. The Kier molecular flexibility index (Phi) is 3.58. The first-order valence-electron chi connectivity index (χ1n) is 5.86. The summed E-state index contributed by atoms with van der Waals surface area (Å²) in [6.45, 7) is 11.6. The highest BCUT2D eigenvalue weighted by atomic mass is 14.3. The van der Waals surface area contributed by atoms with Gasteiger partial charge in [0.1, 0.15) is 0 Å². The molecule has 0 aromatic rings. The Balaban J connectivity index is 3.08. The molecule has 80 valence electrons. The Bertz CT molecular complexity index is 264. The Morgan fingerprint density at radius 1 is 1.43 bits per heavy atom. The summed E-state index contributed by atoms with van der Waals surface area (Å²) in [5, 5.41) is 0. The van der Waals surface area contributed by atoms with Gasteiger partial charge in [0, 0.05) is 0 Å². The van der Waals surface area contributed by atoms with Crippen LogP contribution in [0.1, 0.15) is 60.3 Å². The lowest BCUT2D eigenvalue weighted by molar-refractivity contribution is 0.372. The molecule has 0 aromatic heterocycles. The third-order valence-electron chi connectivity index (χ3n) is 3.36. The lowest BCUT2D eigenvalue weighted by atomic mass is 9.70. The third-order valence-corrected chi connectivity index (χ3v) is 3.36. The van der Waals surface area contributed by atoms with E-state index in [-0.39, 0.29) is 0 Å². The molecule has 0 unspecified atom stereocenters. The van der Waals surface area contributed by atoms with Crippen LogP contribution in [0.2, 0.25) is 0 Å². The van der Waals surface area contributed by atoms with E-state index in [0.29, 0.717) is 5.41 Å². The lowest BCUT2D eigenvalue weighted by Crippen LogP contribution is -2.21. The fourth-order valence-electron chi connectivity index (χ4n) is 2.90. The van der Waals surface area contributed by atoms with Crippen LogP contribution in [0.4, 0.5) is 0 Å². The van der Waals surface area contributed by atoms with Crippen molar-refractivity contribution >= 4 is 0 Å². The number of hydrogen-bond acceptors (Lipinski definition) is 0. The maximum absolute atomic E-state index is 2.39. The smallest absolute Gasteiger partial charge is 0.0101 e. The lowest BCUT2D eigenvalue weighted by Gasteiger charge is -2.35. The number of allylic oxidation sites excluding steroid dienone is 4. The minimum atomic E-state index is 0.401. The summed E-state index contributed by atoms with van der Waals surface area (Å²) in [5.41, 5.74) is 5.15. The van der Waals surface area contributed by atoms with Crippen LogP contribution in [0.15, 0.2) is 22.8 Å². The quantitative estimate of drug-likeness (QED) is 0.585. The minimum Gasteiger partial charge on any atom is -0.0816 e. The van der Waals surface area contributed by atoms with E-state index in [2.05, 4.69) is 40.7 Å². The second-order valence-corrected chi connectivity index (χ2v) is 5.19. The molecule has 0 aromatic carbocycles. The van der Waals surface area contributed by atoms with Crippen molar-refractivity contribution in [2.45, 2.75) is 60.3 Å². The van der Waals surface area contributed by atoms with E-state index in [0.717, 1.165) is 6.42 Å². The predicted octanol–water partition coefficient (Wildman–Crippen LogP) is 4.87. The highest BCUT2D eigenvalue weighted by Gasteiger charge is 2.28. The maximum atomic E-state index is 2.39. The van der Waals surface area contributed by atoms with Crippen molar-refractivity contribution in [2.24, 2.45) is 5.41 Å². The zero-order valence-electron chi connectivity index (χ0n) is 10.4. The van der Waals surface area contributed by atoms with E-state index < -0.39 is 0 Å². The van der Waals surface area contributed by atoms with Crippen LogP contribution in [0.5, 0.6) is 0 Å². The molecule has 0 fully saturated rings. The summed E-state index contributed by atoms with van der Waals surface area (Å²) in [7, 11) is 0. The van der Waals surface area contributed by atoms with Gasteiger partial charge in [-0.25, -0.2) is 0 Å². The number of hydrogen-bond donors (Lipinski definition) is 0. The predicted molar refractivity (Wildman–Crippen MR) is 64.4 cm³/mol. The molecule has 0 heteroatoms. The van der Waals surface area contributed by atoms with E-state index in [1.165, 1.54) is 24.8 Å². The molecule has 0 atom stereocenters. The molecule has 0 nitrogen and oxygen atoms in total. The van der Waals surface area contributed by atoms with Crippen LogP contribution < -0.4 is 0 Å². The molecule has 1 aliphatic carbocycles. The van der Waals surface area contributed by atoms with E-state index in [4.69, 9.17) is 0 Å². The van der Waals surface area contributed by atoms with Gasteiger partial charge in [-0.1, -0.05) is 38.0 Å². The molecule has 0 radical (unpaired) electrons. The largest absolute Gasteiger partial charge is 0.0816 e. The van der Waals surface area contributed by atoms with Crippen LogP contribution in [0.3, 0.4) is 0 Å². The van der Waals surface area contributed by atoms with E-state index in [1.807, 2.05) is 0 Å². The highest BCUT2D eigenvalue weighted by Crippen LogP contribution is 2.43. The molecular weight excluding hydrogens is 168 g/mol. The van der Waals surface area contributed by atoms with Gasteiger partial charge in [0.15, 0.2) is 0 Å². The van der Waals surface area contributed by atoms with Crippen molar-refractivity contribution in [2.75, 3.05) is 0 Å². The van der Waals surface area contributed by atoms with Crippen LogP contribution in [0, 0.1) is 5.41 Å². The van der Waals surface area contributed by atoms with Crippen LogP contribution in [-0.2, 0) is 0 Å². The molecule has 0 saturated carbocycles. The van der Waals surface area contributed by atoms with Gasteiger partial charge < -0.3 is 0 Å². The first-order chi connectivity index (χ1) is 6.49. The Hall–Kier alpha value is -0.520. The van der Waals surface area contributed by atoms with Gasteiger partial charge in [0.25, 0.3) is 0 Å². The average Bonchev–Trinajstić information content (AvgIpc) is 2.02. The van der Waals surface area contributed by atoms with Gasteiger partial charge in [-0.15, -0.1) is 0 Å². The molecule has 0 saturated heterocycles. The summed E-state index contributed by atoms with van der Waals surface area (Å²) >= 11 is 0. The normalized spacial score (nSPS) is 22.8. The van der Waals surface area contributed by atoms with E-state index in [9.17, 15) is 0 Å². The molecule has 0 N–H and O–H groups in total. The van der Waals surface area contributed by atoms with Gasteiger partial charge in [-0.05, 0) is 50.5 Å². The molecule has 0 aliphatic heterocycles. The summed E-state index contributed by atoms with van der Waals surface area (Å²) < 4.78 is 0.